The fourth-order valence-corrected chi connectivity index (χ4v) is 7.75. The maximum absolute atomic E-state index is 12.7. The van der Waals surface area contributed by atoms with Gasteiger partial charge in [-0.15, -0.1) is 0 Å². The number of likely N-dealkylation sites (tertiary alicyclic amines) is 1. The van der Waals surface area contributed by atoms with E-state index in [4.69, 9.17) is 4.74 Å². The average Bonchev–Trinajstić information content (AvgIpc) is 3.02. The van der Waals surface area contributed by atoms with E-state index in [2.05, 4.69) is 12.2 Å². The van der Waals surface area contributed by atoms with Crippen LogP contribution in [0.2, 0.25) is 0 Å². The molecule has 1 heterocycles. The highest BCUT2D eigenvalue weighted by atomic mass is 16.5. The second-order valence-electron chi connectivity index (χ2n) is 11.6. The predicted octanol–water partition coefficient (Wildman–Crippen LogP) is 2.07. The van der Waals surface area contributed by atoms with Gasteiger partial charge in [0.05, 0.1) is 25.4 Å². The summed E-state index contributed by atoms with van der Waals surface area (Å²) in [6, 6.07) is -1.39. The van der Waals surface area contributed by atoms with E-state index in [0.717, 1.165) is 63.1 Å². The van der Waals surface area contributed by atoms with Crippen LogP contribution in [0, 0.1) is 23.2 Å². The van der Waals surface area contributed by atoms with Crippen molar-refractivity contribution in [3.8, 4) is 0 Å². The minimum atomic E-state index is -1.17. The lowest BCUT2D eigenvalue weighted by molar-refractivity contribution is -0.129. The molecule has 1 aliphatic heterocycles. The van der Waals surface area contributed by atoms with E-state index in [1.165, 1.54) is 38.5 Å². The Morgan fingerprint density at radius 1 is 1.00 bits per heavy atom. The lowest BCUT2D eigenvalue weighted by Crippen LogP contribution is -2.50. The summed E-state index contributed by atoms with van der Waals surface area (Å²) < 4.78 is 6.15. The SMILES string of the molecule is CCCCN1[C@H](C(=O)NCCCCCOCC23CC4CC(CC(C4)C2)C3)[C@H](O)[C@@H](O)[C@@H]1CO. The molecule has 4 bridgehead atoms. The zero-order chi connectivity index (χ0) is 23.4. The molecule has 4 aliphatic carbocycles. The maximum atomic E-state index is 12.7. The Morgan fingerprint density at radius 3 is 2.27 bits per heavy atom. The summed E-state index contributed by atoms with van der Waals surface area (Å²) in [6.45, 7) is 4.66. The van der Waals surface area contributed by atoms with Crippen molar-refractivity contribution in [1.82, 2.24) is 10.2 Å². The summed E-state index contributed by atoms with van der Waals surface area (Å²) in [6.07, 6.45) is 11.0. The summed E-state index contributed by atoms with van der Waals surface area (Å²) in [7, 11) is 0. The number of amides is 1. The van der Waals surface area contributed by atoms with Crippen molar-refractivity contribution < 1.29 is 24.9 Å². The van der Waals surface area contributed by atoms with Crippen molar-refractivity contribution in [3.63, 3.8) is 0 Å². The average molecular weight is 467 g/mol. The molecular formula is C26H46N2O5. The second kappa shape index (κ2) is 11.3. The van der Waals surface area contributed by atoms with Crippen molar-refractivity contribution in [2.24, 2.45) is 23.2 Å². The Morgan fingerprint density at radius 2 is 1.67 bits per heavy atom. The lowest BCUT2D eigenvalue weighted by atomic mass is 9.50. The van der Waals surface area contributed by atoms with Crippen LogP contribution in [0.3, 0.4) is 0 Å². The number of aliphatic hydroxyl groups is 3. The first-order chi connectivity index (χ1) is 16.0. The van der Waals surface area contributed by atoms with Crippen molar-refractivity contribution in [1.29, 1.82) is 0 Å². The number of rotatable bonds is 13. The number of carbonyl (C=O) groups excluding carboxylic acids is 1. The fraction of sp³-hybridized carbons (Fsp3) is 0.962. The van der Waals surface area contributed by atoms with Gasteiger partial charge in [0.1, 0.15) is 12.1 Å². The molecule has 0 aromatic rings. The second-order valence-corrected chi connectivity index (χ2v) is 11.6. The monoisotopic (exact) mass is 466 g/mol. The Balaban J connectivity index is 1.11. The molecule has 7 heteroatoms. The van der Waals surface area contributed by atoms with Crippen molar-refractivity contribution in [2.75, 3.05) is 32.9 Å². The molecule has 4 N–H and O–H groups in total. The van der Waals surface area contributed by atoms with Gasteiger partial charge in [-0.3, -0.25) is 9.69 Å². The quantitative estimate of drug-likeness (QED) is 0.310. The zero-order valence-electron chi connectivity index (χ0n) is 20.5. The van der Waals surface area contributed by atoms with Gasteiger partial charge in [0.25, 0.3) is 0 Å². The van der Waals surface area contributed by atoms with Crippen molar-refractivity contribution in [3.05, 3.63) is 0 Å². The van der Waals surface area contributed by atoms with Gasteiger partial charge in [0.2, 0.25) is 5.91 Å². The van der Waals surface area contributed by atoms with Gasteiger partial charge in [-0.05, 0) is 93.9 Å². The van der Waals surface area contributed by atoms with Crippen molar-refractivity contribution >= 4 is 5.91 Å². The van der Waals surface area contributed by atoms with Crippen LogP contribution in [0.25, 0.3) is 0 Å². The summed E-state index contributed by atoms with van der Waals surface area (Å²) in [5, 5.41) is 33.2. The molecule has 1 amide bonds. The standard InChI is InChI=1S/C26H46N2O5/c1-2-3-8-28-21(16-29)23(30)24(31)22(28)25(32)27-7-5-4-6-9-33-17-26-13-18-10-19(14-26)12-20(11-18)15-26/h18-24,29-31H,2-17H2,1H3,(H,27,32)/t18?,19?,20?,21-,22-,23-,24-,26?/m0/s1. The third-order valence-electron chi connectivity index (χ3n) is 8.91. The van der Waals surface area contributed by atoms with Gasteiger partial charge in [0.15, 0.2) is 0 Å². The third-order valence-corrected chi connectivity index (χ3v) is 8.91. The molecule has 0 radical (unpaired) electrons. The molecule has 5 aliphatic rings. The van der Waals surface area contributed by atoms with E-state index < -0.39 is 24.3 Å². The van der Waals surface area contributed by atoms with Gasteiger partial charge in [-0.25, -0.2) is 0 Å². The fourth-order valence-electron chi connectivity index (χ4n) is 7.75. The molecule has 33 heavy (non-hydrogen) atoms. The summed E-state index contributed by atoms with van der Waals surface area (Å²) >= 11 is 0. The Bertz CT molecular complexity index is 609. The molecule has 0 aromatic heterocycles. The van der Waals surface area contributed by atoms with E-state index in [-0.39, 0.29) is 12.5 Å². The smallest absolute Gasteiger partial charge is 0.240 e. The van der Waals surface area contributed by atoms with Crippen molar-refractivity contribution in [2.45, 2.75) is 102 Å². The minimum absolute atomic E-state index is 0.258. The van der Waals surface area contributed by atoms with E-state index in [1.54, 1.807) is 4.90 Å². The summed E-state index contributed by atoms with van der Waals surface area (Å²) in [5.74, 6) is 2.64. The van der Waals surface area contributed by atoms with Gasteiger partial charge < -0.3 is 25.4 Å². The number of hydrogen-bond acceptors (Lipinski definition) is 6. The number of nitrogens with one attached hydrogen (secondary N) is 1. The highest BCUT2D eigenvalue weighted by Gasteiger charge is 2.51. The van der Waals surface area contributed by atoms with E-state index in [9.17, 15) is 20.1 Å². The number of nitrogens with zero attached hydrogens (tertiary/aromatic N) is 1. The normalized spacial score (nSPS) is 39.9. The first kappa shape index (κ1) is 25.4. The molecular weight excluding hydrogens is 420 g/mol. The molecule has 5 fully saturated rings. The van der Waals surface area contributed by atoms with Crippen LogP contribution < -0.4 is 5.32 Å². The topological polar surface area (TPSA) is 102 Å². The van der Waals surface area contributed by atoms with Crippen LogP contribution in [-0.2, 0) is 9.53 Å². The maximum Gasteiger partial charge on any atom is 0.240 e. The van der Waals surface area contributed by atoms with Crippen LogP contribution in [0.1, 0.15) is 77.6 Å². The van der Waals surface area contributed by atoms with Crippen LogP contribution in [0.4, 0.5) is 0 Å². The number of unbranched alkanes of at least 4 members (excludes halogenated alkanes) is 3. The first-order valence-electron chi connectivity index (χ1n) is 13.5. The van der Waals surface area contributed by atoms with Crippen LogP contribution >= 0.6 is 0 Å². The number of hydrogen-bond donors (Lipinski definition) is 4. The van der Waals surface area contributed by atoms with Gasteiger partial charge >= 0.3 is 0 Å². The predicted molar refractivity (Wildman–Crippen MR) is 127 cm³/mol. The number of carbonyl (C=O) groups is 1. The molecule has 0 spiro atoms. The molecule has 5 rings (SSSR count). The molecule has 0 unspecified atom stereocenters. The van der Waals surface area contributed by atoms with Crippen LogP contribution in [0.15, 0.2) is 0 Å². The van der Waals surface area contributed by atoms with Crippen LogP contribution in [0.5, 0.6) is 0 Å². The summed E-state index contributed by atoms with van der Waals surface area (Å²) in [5.41, 5.74) is 0.478. The largest absolute Gasteiger partial charge is 0.395 e. The highest BCUT2D eigenvalue weighted by Crippen LogP contribution is 2.60. The minimum Gasteiger partial charge on any atom is -0.395 e. The van der Waals surface area contributed by atoms with Gasteiger partial charge in [0, 0.05) is 13.2 Å². The Hall–Kier alpha value is -0.730. The molecule has 190 valence electrons. The molecule has 0 aromatic carbocycles. The Labute approximate surface area is 199 Å². The lowest BCUT2D eigenvalue weighted by Gasteiger charge is -2.56. The number of ether oxygens (including phenoxy) is 1. The van der Waals surface area contributed by atoms with Crippen LogP contribution in [-0.4, -0.2) is 83.3 Å². The molecule has 4 saturated carbocycles. The van der Waals surface area contributed by atoms with Gasteiger partial charge in [-0.1, -0.05) is 13.3 Å². The zero-order valence-corrected chi connectivity index (χ0v) is 20.5. The van der Waals surface area contributed by atoms with E-state index >= 15 is 0 Å². The number of aliphatic hydroxyl groups excluding tert-OH is 3. The third kappa shape index (κ3) is 5.75. The summed E-state index contributed by atoms with van der Waals surface area (Å²) in [4.78, 5) is 14.5. The van der Waals surface area contributed by atoms with Gasteiger partial charge in [-0.2, -0.15) is 0 Å². The van der Waals surface area contributed by atoms with E-state index in [0.29, 0.717) is 18.5 Å². The Kier molecular flexibility index (Phi) is 8.71. The highest BCUT2D eigenvalue weighted by molar-refractivity contribution is 5.83. The molecule has 1 saturated heterocycles. The molecule has 4 atom stereocenters. The first-order valence-corrected chi connectivity index (χ1v) is 13.5. The molecule has 7 nitrogen and oxygen atoms in total. The van der Waals surface area contributed by atoms with E-state index in [1.807, 2.05) is 0 Å².